The standard InChI is InChI=1S/C79H154O17P2/c1-7-11-13-15-17-19-21-23-24-25-26-28-30-39-45-51-57-63-78(83)95-74(68-90-77(82)62-56-50-44-38-33-31-35-41-47-53-59-71(5)9-3)69-93-97(85,86)91-65-73(80)66-92-98(87,88)94-70-75(67-89-76(81)61-55-49-43-37-29-27-22-20-18-16-14-12-8-2)96-79(84)64-58-52-46-40-34-32-36-42-48-54-60-72(6)10-4/h71-75,80H,7-70H2,1-6H3,(H,85,86)(H,87,88)/t71?,72?,73-,74-,75-/m1/s1. The number of hydrogen-bond acceptors (Lipinski definition) is 15. The molecule has 0 aromatic heterocycles. The second kappa shape index (κ2) is 70.7. The van der Waals surface area contributed by atoms with Crippen LogP contribution in [0.1, 0.15) is 414 Å². The van der Waals surface area contributed by atoms with Gasteiger partial charge in [0.2, 0.25) is 0 Å². The van der Waals surface area contributed by atoms with Gasteiger partial charge in [-0.1, -0.05) is 363 Å². The van der Waals surface area contributed by atoms with Crippen LogP contribution in [0, 0.1) is 11.8 Å². The van der Waals surface area contributed by atoms with Crippen LogP contribution < -0.4 is 0 Å². The lowest BCUT2D eigenvalue weighted by Crippen LogP contribution is -2.30. The Bertz CT molecular complexity index is 1890. The number of carbonyl (C=O) groups excluding carboxylic acids is 4. The predicted octanol–water partition coefficient (Wildman–Crippen LogP) is 23.5. The Morgan fingerprint density at radius 2 is 0.490 bits per heavy atom. The summed E-state index contributed by atoms with van der Waals surface area (Å²) < 4.78 is 68.7. The van der Waals surface area contributed by atoms with E-state index in [9.17, 15) is 43.2 Å². The molecule has 0 heterocycles. The second-order valence-corrected chi connectivity index (χ2v) is 31.8. The summed E-state index contributed by atoms with van der Waals surface area (Å²) in [4.78, 5) is 73.0. The molecular weight excluding hydrogens is 1280 g/mol. The van der Waals surface area contributed by atoms with E-state index in [1.165, 1.54) is 231 Å². The van der Waals surface area contributed by atoms with E-state index < -0.39 is 97.5 Å². The zero-order chi connectivity index (χ0) is 72.1. The van der Waals surface area contributed by atoms with Crippen LogP contribution in [0.2, 0.25) is 0 Å². The van der Waals surface area contributed by atoms with Crippen molar-refractivity contribution >= 4 is 39.5 Å². The third-order valence-corrected chi connectivity index (χ3v) is 21.1. The minimum Gasteiger partial charge on any atom is -0.462 e. The Labute approximate surface area is 600 Å². The van der Waals surface area contributed by atoms with Crippen molar-refractivity contribution in [1.82, 2.24) is 0 Å². The maximum Gasteiger partial charge on any atom is 0.472 e. The molecule has 582 valence electrons. The minimum atomic E-state index is -4.96. The van der Waals surface area contributed by atoms with Crippen LogP contribution in [0.25, 0.3) is 0 Å². The molecule has 0 saturated heterocycles. The summed E-state index contributed by atoms with van der Waals surface area (Å²) in [7, 11) is -9.92. The van der Waals surface area contributed by atoms with E-state index in [0.29, 0.717) is 25.7 Å². The third-order valence-electron chi connectivity index (χ3n) is 19.2. The molecule has 0 amide bonds. The van der Waals surface area contributed by atoms with E-state index in [1.54, 1.807) is 0 Å². The molecule has 0 spiro atoms. The van der Waals surface area contributed by atoms with Crippen LogP contribution in [0.5, 0.6) is 0 Å². The molecule has 19 heteroatoms. The van der Waals surface area contributed by atoms with Gasteiger partial charge in [0.1, 0.15) is 19.3 Å². The summed E-state index contributed by atoms with van der Waals surface area (Å²) in [5.74, 6) is -0.496. The predicted molar refractivity (Wildman–Crippen MR) is 400 cm³/mol. The number of carbonyl (C=O) groups is 4. The molecule has 0 fully saturated rings. The van der Waals surface area contributed by atoms with Crippen molar-refractivity contribution in [2.75, 3.05) is 39.6 Å². The molecule has 3 N–H and O–H groups in total. The molecule has 0 aliphatic carbocycles. The van der Waals surface area contributed by atoms with Gasteiger partial charge in [-0.2, -0.15) is 0 Å². The molecule has 98 heavy (non-hydrogen) atoms. The van der Waals surface area contributed by atoms with Crippen LogP contribution >= 0.6 is 15.6 Å². The average Bonchev–Trinajstić information content (AvgIpc) is 1.46. The zero-order valence-corrected chi connectivity index (χ0v) is 65.9. The number of ether oxygens (including phenoxy) is 4. The van der Waals surface area contributed by atoms with Crippen LogP contribution in [0.4, 0.5) is 0 Å². The van der Waals surface area contributed by atoms with Gasteiger partial charge in [0.15, 0.2) is 12.2 Å². The van der Waals surface area contributed by atoms with Crippen LogP contribution in [0.15, 0.2) is 0 Å². The van der Waals surface area contributed by atoms with Crippen LogP contribution in [0.3, 0.4) is 0 Å². The average molecular weight is 1440 g/mol. The maximum atomic E-state index is 13.1. The molecule has 0 aliphatic rings. The molecular formula is C79H154O17P2. The Balaban J connectivity index is 5.28. The first-order chi connectivity index (χ1) is 47.4. The highest BCUT2D eigenvalue weighted by Crippen LogP contribution is 2.45. The number of hydrogen-bond donors (Lipinski definition) is 3. The molecule has 4 unspecified atom stereocenters. The van der Waals surface area contributed by atoms with Gasteiger partial charge >= 0.3 is 39.5 Å². The van der Waals surface area contributed by atoms with Crippen molar-refractivity contribution < 1.29 is 80.2 Å². The molecule has 0 aliphatic heterocycles. The SMILES string of the molecule is CCCCCCCCCCCCCCCCCCCC(=O)O[C@H](COC(=O)CCCCCCCCCCCCC(C)CC)COP(=O)(O)OC[C@@H](O)COP(=O)(O)OC[C@@H](COC(=O)CCCCCCCCCCCCCCC)OC(=O)CCCCCCCCCCCCC(C)CC. The summed E-state index contributed by atoms with van der Waals surface area (Å²) in [6.45, 7) is 9.68. The Hall–Kier alpha value is -1.94. The van der Waals surface area contributed by atoms with E-state index in [0.717, 1.165) is 102 Å². The molecule has 0 aromatic carbocycles. The van der Waals surface area contributed by atoms with Gasteiger partial charge < -0.3 is 33.8 Å². The fourth-order valence-corrected chi connectivity index (χ4v) is 13.7. The molecule has 0 bridgehead atoms. The molecule has 17 nitrogen and oxygen atoms in total. The highest BCUT2D eigenvalue weighted by Gasteiger charge is 2.30. The third kappa shape index (κ3) is 69.8. The van der Waals surface area contributed by atoms with Gasteiger partial charge in [0.25, 0.3) is 0 Å². The highest BCUT2D eigenvalue weighted by atomic mass is 31.2. The number of esters is 4. The van der Waals surface area contributed by atoms with Crippen molar-refractivity contribution in [3.05, 3.63) is 0 Å². The van der Waals surface area contributed by atoms with Crippen LogP contribution in [-0.2, 0) is 65.4 Å². The summed E-state index contributed by atoms with van der Waals surface area (Å²) in [5.41, 5.74) is 0. The van der Waals surface area contributed by atoms with Gasteiger partial charge in [-0.3, -0.25) is 37.3 Å². The van der Waals surface area contributed by atoms with Crippen molar-refractivity contribution in [1.29, 1.82) is 0 Å². The maximum absolute atomic E-state index is 13.1. The minimum absolute atomic E-state index is 0.107. The lowest BCUT2D eigenvalue weighted by Gasteiger charge is -2.21. The summed E-state index contributed by atoms with van der Waals surface area (Å²) in [6.07, 6.45) is 59.3. The number of phosphoric ester groups is 2. The van der Waals surface area contributed by atoms with Crippen molar-refractivity contribution in [2.45, 2.75) is 432 Å². The molecule has 7 atom stereocenters. The van der Waals surface area contributed by atoms with E-state index >= 15 is 0 Å². The summed E-state index contributed by atoms with van der Waals surface area (Å²) in [5, 5.41) is 10.6. The van der Waals surface area contributed by atoms with Gasteiger partial charge in [-0.25, -0.2) is 9.13 Å². The Morgan fingerprint density at radius 1 is 0.286 bits per heavy atom. The number of aliphatic hydroxyl groups excluding tert-OH is 1. The highest BCUT2D eigenvalue weighted by molar-refractivity contribution is 7.47. The van der Waals surface area contributed by atoms with Crippen molar-refractivity contribution in [2.24, 2.45) is 11.8 Å². The summed E-state index contributed by atoms with van der Waals surface area (Å²) >= 11 is 0. The molecule has 0 rings (SSSR count). The number of aliphatic hydroxyl groups is 1. The van der Waals surface area contributed by atoms with E-state index in [-0.39, 0.29) is 25.7 Å². The lowest BCUT2D eigenvalue weighted by atomic mass is 9.99. The topological polar surface area (TPSA) is 237 Å². The first kappa shape index (κ1) is 96.1. The van der Waals surface area contributed by atoms with E-state index in [2.05, 4.69) is 41.5 Å². The molecule has 0 saturated carbocycles. The first-order valence-corrected chi connectivity index (χ1v) is 44.1. The van der Waals surface area contributed by atoms with Gasteiger partial charge in [0.05, 0.1) is 26.4 Å². The first-order valence-electron chi connectivity index (χ1n) is 41.1. The van der Waals surface area contributed by atoms with Gasteiger partial charge in [-0.05, 0) is 37.5 Å². The van der Waals surface area contributed by atoms with Gasteiger partial charge in [-0.15, -0.1) is 0 Å². The molecule has 0 radical (unpaired) electrons. The van der Waals surface area contributed by atoms with Crippen LogP contribution in [-0.4, -0.2) is 96.7 Å². The fraction of sp³-hybridized carbons (Fsp3) is 0.949. The van der Waals surface area contributed by atoms with E-state index in [4.69, 9.17) is 37.0 Å². The lowest BCUT2D eigenvalue weighted by molar-refractivity contribution is -0.161. The fourth-order valence-electron chi connectivity index (χ4n) is 12.1. The van der Waals surface area contributed by atoms with Crippen molar-refractivity contribution in [3.63, 3.8) is 0 Å². The largest absolute Gasteiger partial charge is 0.472 e. The monoisotopic (exact) mass is 1440 g/mol. The van der Waals surface area contributed by atoms with Gasteiger partial charge in [0, 0.05) is 25.7 Å². The molecule has 0 aromatic rings. The van der Waals surface area contributed by atoms with E-state index in [1.807, 2.05) is 0 Å². The van der Waals surface area contributed by atoms with Crippen molar-refractivity contribution in [3.8, 4) is 0 Å². The Morgan fingerprint density at radius 3 is 0.724 bits per heavy atom. The smallest absolute Gasteiger partial charge is 0.462 e. The number of rotatable bonds is 78. The normalized spacial score (nSPS) is 14.5. The number of phosphoric acid groups is 2. The zero-order valence-electron chi connectivity index (χ0n) is 64.1. The summed E-state index contributed by atoms with van der Waals surface area (Å²) in [6, 6.07) is 0. The quantitative estimate of drug-likeness (QED) is 0.0222. The Kier molecular flexibility index (Phi) is 69.3. The second-order valence-electron chi connectivity index (χ2n) is 28.9. The number of unbranched alkanes of at least 4 members (excludes halogenated alkanes) is 46.